The summed E-state index contributed by atoms with van der Waals surface area (Å²) in [5.74, 6) is 0. The lowest BCUT2D eigenvalue weighted by molar-refractivity contribution is 1.34. The first-order valence-electron chi connectivity index (χ1n) is 6.28. The summed E-state index contributed by atoms with van der Waals surface area (Å²) < 4.78 is 0. The van der Waals surface area contributed by atoms with Crippen LogP contribution in [0, 0.1) is 13.8 Å². The van der Waals surface area contributed by atoms with Gasteiger partial charge in [0.2, 0.25) is 0 Å². The molecule has 0 saturated heterocycles. The molecular formula is C17H14ClN. The van der Waals surface area contributed by atoms with Crippen molar-refractivity contribution in [3.05, 3.63) is 64.7 Å². The number of aryl methyl sites for hydroxylation is 2. The van der Waals surface area contributed by atoms with Gasteiger partial charge in [-0.2, -0.15) is 0 Å². The minimum atomic E-state index is 0.735. The molecule has 0 unspecified atom stereocenters. The lowest BCUT2D eigenvalue weighted by atomic mass is 10.0. The first-order valence-corrected chi connectivity index (χ1v) is 6.66. The Morgan fingerprint density at radius 2 is 1.74 bits per heavy atom. The summed E-state index contributed by atoms with van der Waals surface area (Å²) in [7, 11) is 0. The van der Waals surface area contributed by atoms with Gasteiger partial charge in [-0.25, -0.2) is 4.98 Å². The Labute approximate surface area is 117 Å². The fraction of sp³-hybridized carbons (Fsp3) is 0.118. The Hall–Kier alpha value is -1.86. The SMILES string of the molecule is Cc1cc(C)c2nc(-c3ccccc3Cl)ccc2c1. The molecule has 1 heterocycles. The van der Waals surface area contributed by atoms with Gasteiger partial charge in [0, 0.05) is 16.0 Å². The van der Waals surface area contributed by atoms with Gasteiger partial charge in [-0.1, -0.05) is 47.5 Å². The highest BCUT2D eigenvalue weighted by Crippen LogP contribution is 2.28. The maximum atomic E-state index is 6.23. The van der Waals surface area contributed by atoms with E-state index >= 15 is 0 Å². The van der Waals surface area contributed by atoms with Crippen LogP contribution in [-0.4, -0.2) is 4.98 Å². The zero-order valence-corrected chi connectivity index (χ0v) is 11.7. The molecule has 0 radical (unpaired) electrons. The number of hydrogen-bond donors (Lipinski definition) is 0. The molecule has 1 aromatic heterocycles. The van der Waals surface area contributed by atoms with E-state index in [0.29, 0.717) is 0 Å². The van der Waals surface area contributed by atoms with E-state index in [-0.39, 0.29) is 0 Å². The monoisotopic (exact) mass is 267 g/mol. The summed E-state index contributed by atoms with van der Waals surface area (Å²) in [6, 6.07) is 16.3. The summed E-state index contributed by atoms with van der Waals surface area (Å²) in [6.45, 7) is 4.20. The molecule has 0 N–H and O–H groups in total. The molecule has 94 valence electrons. The highest BCUT2D eigenvalue weighted by Gasteiger charge is 2.06. The minimum Gasteiger partial charge on any atom is -0.247 e. The molecule has 2 aromatic carbocycles. The average molecular weight is 268 g/mol. The van der Waals surface area contributed by atoms with E-state index in [2.05, 4.69) is 32.0 Å². The van der Waals surface area contributed by atoms with Crippen molar-refractivity contribution in [1.82, 2.24) is 4.98 Å². The zero-order valence-electron chi connectivity index (χ0n) is 10.9. The first kappa shape index (κ1) is 12.2. The predicted molar refractivity (Wildman–Crippen MR) is 81.7 cm³/mol. The average Bonchev–Trinajstić information content (AvgIpc) is 2.39. The summed E-state index contributed by atoms with van der Waals surface area (Å²) in [4.78, 5) is 4.76. The van der Waals surface area contributed by atoms with E-state index < -0.39 is 0 Å². The topological polar surface area (TPSA) is 12.9 Å². The quantitative estimate of drug-likeness (QED) is 0.593. The fourth-order valence-electron chi connectivity index (χ4n) is 2.42. The van der Waals surface area contributed by atoms with Crippen molar-refractivity contribution in [2.24, 2.45) is 0 Å². The number of halogens is 1. The van der Waals surface area contributed by atoms with E-state index in [9.17, 15) is 0 Å². The number of aromatic nitrogens is 1. The van der Waals surface area contributed by atoms with Crippen molar-refractivity contribution < 1.29 is 0 Å². The van der Waals surface area contributed by atoms with Gasteiger partial charge in [0.1, 0.15) is 0 Å². The highest BCUT2D eigenvalue weighted by atomic mass is 35.5. The van der Waals surface area contributed by atoms with Crippen LogP contribution in [0.5, 0.6) is 0 Å². The van der Waals surface area contributed by atoms with Crippen LogP contribution in [0.25, 0.3) is 22.2 Å². The summed E-state index contributed by atoms with van der Waals surface area (Å²) in [6.07, 6.45) is 0. The maximum Gasteiger partial charge on any atom is 0.0738 e. The Bertz CT molecular complexity index is 762. The van der Waals surface area contributed by atoms with E-state index in [1.807, 2.05) is 30.3 Å². The number of pyridine rings is 1. The van der Waals surface area contributed by atoms with Gasteiger partial charge in [0.15, 0.2) is 0 Å². The van der Waals surface area contributed by atoms with Crippen LogP contribution < -0.4 is 0 Å². The smallest absolute Gasteiger partial charge is 0.0738 e. The molecule has 0 saturated carbocycles. The van der Waals surface area contributed by atoms with E-state index in [0.717, 1.165) is 21.8 Å². The molecule has 0 aliphatic carbocycles. The molecule has 1 nitrogen and oxygen atoms in total. The van der Waals surface area contributed by atoms with Crippen molar-refractivity contribution in [2.75, 3.05) is 0 Å². The molecule has 0 spiro atoms. The van der Waals surface area contributed by atoms with Crippen LogP contribution in [0.2, 0.25) is 5.02 Å². The third kappa shape index (κ3) is 2.22. The van der Waals surface area contributed by atoms with E-state index in [4.69, 9.17) is 16.6 Å². The number of rotatable bonds is 1. The molecule has 3 aromatic rings. The maximum absolute atomic E-state index is 6.23. The first-order chi connectivity index (χ1) is 9.15. The molecule has 19 heavy (non-hydrogen) atoms. The molecule has 3 rings (SSSR count). The number of nitrogens with zero attached hydrogens (tertiary/aromatic N) is 1. The van der Waals surface area contributed by atoms with Crippen LogP contribution in [-0.2, 0) is 0 Å². The number of hydrogen-bond acceptors (Lipinski definition) is 1. The second-order valence-corrected chi connectivity index (χ2v) is 5.24. The van der Waals surface area contributed by atoms with Gasteiger partial charge < -0.3 is 0 Å². The highest BCUT2D eigenvalue weighted by molar-refractivity contribution is 6.33. The number of benzene rings is 2. The van der Waals surface area contributed by atoms with Gasteiger partial charge in [-0.15, -0.1) is 0 Å². The normalized spacial score (nSPS) is 10.9. The fourth-order valence-corrected chi connectivity index (χ4v) is 2.65. The lowest BCUT2D eigenvalue weighted by Crippen LogP contribution is -1.89. The Kier molecular flexibility index (Phi) is 3.00. The molecular weight excluding hydrogens is 254 g/mol. The standard InChI is InChI=1S/C17H14ClN/c1-11-9-12(2)17-13(10-11)7-8-16(19-17)14-5-3-4-6-15(14)18/h3-10H,1-2H3. The third-order valence-electron chi connectivity index (χ3n) is 3.28. The lowest BCUT2D eigenvalue weighted by Gasteiger charge is -2.08. The van der Waals surface area contributed by atoms with Crippen LogP contribution in [0.4, 0.5) is 0 Å². The van der Waals surface area contributed by atoms with E-state index in [1.165, 1.54) is 16.5 Å². The molecule has 0 aliphatic rings. The van der Waals surface area contributed by atoms with Crippen LogP contribution >= 0.6 is 11.6 Å². The molecule has 0 fully saturated rings. The Balaban J connectivity index is 2.25. The predicted octanol–water partition coefficient (Wildman–Crippen LogP) is 5.17. The minimum absolute atomic E-state index is 0.735. The molecule has 2 heteroatoms. The molecule has 0 atom stereocenters. The van der Waals surface area contributed by atoms with Gasteiger partial charge in [-0.05, 0) is 37.6 Å². The van der Waals surface area contributed by atoms with Gasteiger partial charge in [-0.3, -0.25) is 0 Å². The van der Waals surface area contributed by atoms with Crippen LogP contribution in [0.3, 0.4) is 0 Å². The number of fused-ring (bicyclic) bond motifs is 1. The van der Waals surface area contributed by atoms with Crippen molar-refractivity contribution in [3.8, 4) is 11.3 Å². The van der Waals surface area contributed by atoms with Gasteiger partial charge in [0.25, 0.3) is 0 Å². The van der Waals surface area contributed by atoms with Crippen LogP contribution in [0.15, 0.2) is 48.5 Å². The molecule has 0 amide bonds. The zero-order chi connectivity index (χ0) is 13.4. The van der Waals surface area contributed by atoms with Crippen molar-refractivity contribution >= 4 is 22.5 Å². The Morgan fingerprint density at radius 1 is 0.947 bits per heavy atom. The van der Waals surface area contributed by atoms with Crippen molar-refractivity contribution in [2.45, 2.75) is 13.8 Å². The van der Waals surface area contributed by atoms with E-state index in [1.54, 1.807) is 0 Å². The van der Waals surface area contributed by atoms with Gasteiger partial charge >= 0.3 is 0 Å². The summed E-state index contributed by atoms with van der Waals surface area (Å²) in [5, 5.41) is 1.91. The van der Waals surface area contributed by atoms with Crippen molar-refractivity contribution in [1.29, 1.82) is 0 Å². The second kappa shape index (κ2) is 4.67. The summed E-state index contributed by atoms with van der Waals surface area (Å²) >= 11 is 6.23. The Morgan fingerprint density at radius 3 is 2.53 bits per heavy atom. The van der Waals surface area contributed by atoms with Crippen molar-refractivity contribution in [3.63, 3.8) is 0 Å². The third-order valence-corrected chi connectivity index (χ3v) is 3.61. The molecule has 0 bridgehead atoms. The van der Waals surface area contributed by atoms with Crippen LogP contribution in [0.1, 0.15) is 11.1 Å². The summed E-state index contributed by atoms with van der Waals surface area (Å²) in [5.41, 5.74) is 5.40. The largest absolute Gasteiger partial charge is 0.247 e. The van der Waals surface area contributed by atoms with Gasteiger partial charge in [0.05, 0.1) is 11.2 Å². The molecule has 0 aliphatic heterocycles. The second-order valence-electron chi connectivity index (χ2n) is 4.83.